The fourth-order valence-corrected chi connectivity index (χ4v) is 7.14. The number of phenolic OH excluding ortho intramolecular Hbond substituents is 3. The van der Waals surface area contributed by atoms with Crippen LogP contribution in [0.2, 0.25) is 0 Å². The molecule has 0 spiro atoms. The van der Waals surface area contributed by atoms with Crippen molar-refractivity contribution in [1.29, 1.82) is 0 Å². The third-order valence-electron chi connectivity index (χ3n) is 9.41. The topological polar surface area (TPSA) is 73.8 Å². The van der Waals surface area contributed by atoms with Crippen LogP contribution < -0.4 is 5.46 Å². The minimum Gasteiger partial charge on any atom is -0.508 e. The van der Waals surface area contributed by atoms with Crippen LogP contribution in [0.1, 0.15) is 30.4 Å². The van der Waals surface area contributed by atoms with E-state index in [0.717, 1.165) is 60.9 Å². The van der Waals surface area contributed by atoms with Gasteiger partial charge in [-0.1, -0.05) is 103 Å². The number of allylic oxidation sites excluding steroid dienone is 14. The first kappa shape index (κ1) is 27.8. The van der Waals surface area contributed by atoms with Crippen molar-refractivity contribution in [2.45, 2.75) is 19.3 Å². The molecule has 0 bridgehead atoms. The van der Waals surface area contributed by atoms with E-state index in [-0.39, 0.29) is 22.7 Å². The lowest BCUT2D eigenvalue weighted by molar-refractivity contribution is 0.400. The Labute approximate surface area is 268 Å². The minimum absolute atomic E-state index is 0.0468. The molecule has 0 saturated carbocycles. The van der Waals surface area contributed by atoms with Crippen LogP contribution in [0.5, 0.6) is 17.2 Å². The molecule has 1 aromatic heterocycles. The Morgan fingerprint density at radius 2 is 1.30 bits per heavy atom. The number of benzene rings is 4. The van der Waals surface area contributed by atoms with Gasteiger partial charge in [0.1, 0.15) is 24.8 Å². The Bertz CT molecular complexity index is 2310. The maximum absolute atomic E-state index is 11.9. The third kappa shape index (κ3) is 4.39. The van der Waals surface area contributed by atoms with E-state index in [1.54, 1.807) is 7.85 Å². The number of hydrogen-bond acceptors (Lipinski definition) is 4. The first-order valence-corrected chi connectivity index (χ1v) is 15.6. The maximum Gasteiger partial charge on any atom is 0.165 e. The summed E-state index contributed by atoms with van der Waals surface area (Å²) in [6.07, 6.45) is 18.7. The summed E-state index contributed by atoms with van der Waals surface area (Å²) in [6, 6.07) is 24.2. The fourth-order valence-electron chi connectivity index (χ4n) is 7.14. The van der Waals surface area contributed by atoms with Crippen molar-refractivity contribution < 1.29 is 19.7 Å². The lowest BCUT2D eigenvalue weighted by atomic mass is 9.79. The van der Waals surface area contributed by atoms with Crippen molar-refractivity contribution in [3.05, 3.63) is 155 Å². The normalized spacial score (nSPS) is 16.2. The number of furan rings is 1. The summed E-state index contributed by atoms with van der Waals surface area (Å²) >= 11 is 0. The van der Waals surface area contributed by atoms with Crippen LogP contribution in [0.3, 0.4) is 0 Å². The van der Waals surface area contributed by atoms with Gasteiger partial charge in [-0.2, -0.15) is 0 Å². The van der Waals surface area contributed by atoms with Gasteiger partial charge in [0.05, 0.1) is 0 Å². The van der Waals surface area contributed by atoms with E-state index < -0.39 is 0 Å². The van der Waals surface area contributed by atoms with Gasteiger partial charge >= 0.3 is 0 Å². The van der Waals surface area contributed by atoms with Crippen LogP contribution in [-0.4, -0.2) is 23.2 Å². The molecule has 0 fully saturated rings. The summed E-state index contributed by atoms with van der Waals surface area (Å²) in [7, 11) is 1.63. The summed E-state index contributed by atoms with van der Waals surface area (Å²) in [5, 5.41) is 36.9. The second-order valence-electron chi connectivity index (χ2n) is 12.0. The number of phenols is 3. The Kier molecular flexibility index (Phi) is 6.68. The Hall–Kier alpha value is -5.68. The van der Waals surface area contributed by atoms with Crippen molar-refractivity contribution in [3.8, 4) is 28.4 Å². The van der Waals surface area contributed by atoms with E-state index in [4.69, 9.17) is 4.42 Å². The number of hydrogen-bond donors (Lipinski definition) is 3. The van der Waals surface area contributed by atoms with Crippen LogP contribution >= 0.6 is 0 Å². The second kappa shape index (κ2) is 11.0. The number of aromatic hydroxyl groups is 3. The molecule has 0 radical (unpaired) electrons. The predicted octanol–water partition coefficient (Wildman–Crippen LogP) is 8.57. The average Bonchev–Trinajstić information content (AvgIpc) is 3.25. The van der Waals surface area contributed by atoms with Gasteiger partial charge in [0.15, 0.2) is 11.5 Å². The smallest absolute Gasteiger partial charge is 0.165 e. The lowest BCUT2D eigenvalue weighted by Crippen LogP contribution is -2.10. The second-order valence-corrected chi connectivity index (χ2v) is 12.0. The van der Waals surface area contributed by atoms with E-state index >= 15 is 0 Å². The van der Waals surface area contributed by atoms with E-state index in [9.17, 15) is 15.3 Å². The van der Waals surface area contributed by atoms with Crippen molar-refractivity contribution in [2.24, 2.45) is 0 Å². The average molecular weight is 599 g/mol. The molecule has 4 aromatic carbocycles. The van der Waals surface area contributed by atoms with Crippen LogP contribution in [0.4, 0.5) is 0 Å². The van der Waals surface area contributed by atoms with Gasteiger partial charge < -0.3 is 19.7 Å². The number of para-hydroxylation sites is 1. The highest BCUT2D eigenvalue weighted by molar-refractivity contribution is 6.37. The lowest BCUT2D eigenvalue weighted by Gasteiger charge is -2.24. The standard InChI is InChI=1S/C41H31BO4/c42-38-39(43)35(24-12-4-1-5-13-24)37(40(44)41(38)45)36-27-15-7-2-6-14-25(27)22-31(28-16-8-3-9-18-30(28)36)26-20-21-34-32(23-26)29-17-10-11-19-33(29)46-34/h1-14,17-21,23,43-45H,15-16,22,42H2. The molecule has 5 aromatic rings. The van der Waals surface area contributed by atoms with Crippen molar-refractivity contribution in [1.82, 2.24) is 0 Å². The van der Waals surface area contributed by atoms with Gasteiger partial charge in [-0.25, -0.2) is 0 Å². The van der Waals surface area contributed by atoms with Crippen LogP contribution in [-0.2, 0) is 0 Å². The van der Waals surface area contributed by atoms with E-state index in [0.29, 0.717) is 30.4 Å². The molecule has 1 heterocycles. The van der Waals surface area contributed by atoms with Crippen molar-refractivity contribution in [3.63, 3.8) is 0 Å². The molecule has 222 valence electrons. The molecule has 46 heavy (non-hydrogen) atoms. The molecule has 3 aliphatic rings. The summed E-state index contributed by atoms with van der Waals surface area (Å²) in [6.45, 7) is 0. The molecule has 0 amide bonds. The Morgan fingerprint density at radius 3 is 2.13 bits per heavy atom. The van der Waals surface area contributed by atoms with Crippen molar-refractivity contribution >= 4 is 46.4 Å². The zero-order valence-corrected chi connectivity index (χ0v) is 25.4. The summed E-state index contributed by atoms with van der Waals surface area (Å²) in [5.41, 5.74) is 11.0. The highest BCUT2D eigenvalue weighted by Crippen LogP contribution is 2.53. The van der Waals surface area contributed by atoms with Crippen LogP contribution in [0.15, 0.2) is 148 Å². The maximum atomic E-state index is 11.9. The van der Waals surface area contributed by atoms with Crippen LogP contribution in [0, 0.1) is 0 Å². The fraction of sp³-hybridized carbons (Fsp3) is 0.0732. The van der Waals surface area contributed by atoms with E-state index in [2.05, 4.69) is 66.8 Å². The van der Waals surface area contributed by atoms with Crippen LogP contribution in [0.25, 0.3) is 44.2 Å². The Balaban J connectivity index is 1.50. The molecular weight excluding hydrogens is 567 g/mol. The molecule has 3 N–H and O–H groups in total. The van der Waals surface area contributed by atoms with Gasteiger partial charge in [0.25, 0.3) is 0 Å². The number of fused-ring (bicyclic) bond motifs is 4. The van der Waals surface area contributed by atoms with Gasteiger partial charge in [-0.05, 0) is 87.5 Å². The zero-order chi connectivity index (χ0) is 31.4. The third-order valence-corrected chi connectivity index (χ3v) is 9.41. The van der Waals surface area contributed by atoms with E-state index in [1.165, 1.54) is 5.57 Å². The monoisotopic (exact) mass is 598 g/mol. The van der Waals surface area contributed by atoms with Gasteiger partial charge in [0, 0.05) is 21.9 Å². The van der Waals surface area contributed by atoms with E-state index in [1.807, 2.05) is 54.6 Å². The van der Waals surface area contributed by atoms with Gasteiger partial charge in [0.2, 0.25) is 0 Å². The number of rotatable bonds is 3. The van der Waals surface area contributed by atoms with Gasteiger partial charge in [-0.15, -0.1) is 0 Å². The molecule has 0 unspecified atom stereocenters. The highest BCUT2D eigenvalue weighted by atomic mass is 16.3. The highest BCUT2D eigenvalue weighted by Gasteiger charge is 2.32. The predicted molar refractivity (Wildman–Crippen MR) is 190 cm³/mol. The summed E-state index contributed by atoms with van der Waals surface area (Å²) < 4.78 is 6.17. The first-order chi connectivity index (χ1) is 22.5. The summed E-state index contributed by atoms with van der Waals surface area (Å²) in [4.78, 5) is 0. The quantitative estimate of drug-likeness (QED) is 0.111. The molecule has 8 rings (SSSR count). The first-order valence-electron chi connectivity index (χ1n) is 15.6. The molecule has 0 aliphatic heterocycles. The molecule has 5 heteroatoms. The molecule has 3 aliphatic carbocycles. The van der Waals surface area contributed by atoms with Gasteiger partial charge in [-0.3, -0.25) is 0 Å². The largest absolute Gasteiger partial charge is 0.508 e. The molecule has 0 saturated heterocycles. The summed E-state index contributed by atoms with van der Waals surface area (Å²) in [5.74, 6) is -0.597. The molecular formula is C41H31BO4. The zero-order valence-electron chi connectivity index (χ0n) is 25.4. The Morgan fingerprint density at radius 1 is 0.587 bits per heavy atom. The minimum atomic E-state index is -0.315. The molecule has 0 atom stereocenters. The van der Waals surface area contributed by atoms with Crippen molar-refractivity contribution in [2.75, 3.05) is 0 Å². The SMILES string of the molecule is Bc1c(O)c(O)c(C2=C3C=CC=CCC3=C(c3ccc4oc5ccccc5c4c3)CC3=C2CC=CC=C3)c(-c2ccccc2)c1O. The molecule has 4 nitrogen and oxygen atoms in total.